The molecule has 0 N–H and O–H groups in total. The number of hydrogen-bond donors (Lipinski definition) is 0. The van der Waals surface area contributed by atoms with Crippen LogP contribution in [-0.2, 0) is 6.42 Å². The summed E-state index contributed by atoms with van der Waals surface area (Å²) < 4.78 is 0. The minimum absolute atomic E-state index is 0.0803. The summed E-state index contributed by atoms with van der Waals surface area (Å²) in [6.07, 6.45) is 7.65. The van der Waals surface area contributed by atoms with Crippen molar-refractivity contribution in [1.29, 1.82) is 0 Å². The second-order valence-electron chi connectivity index (χ2n) is 10.4. The molecule has 0 atom stereocenters. The lowest BCUT2D eigenvalue weighted by Gasteiger charge is -2.41. The Hall–Kier alpha value is -2.37. The summed E-state index contributed by atoms with van der Waals surface area (Å²) in [5.74, 6) is 0.866. The summed E-state index contributed by atoms with van der Waals surface area (Å²) in [4.78, 5) is 23.8. The fraction of sp³-hybridized carbons (Fsp3) is 0.467. The summed E-state index contributed by atoms with van der Waals surface area (Å²) in [5.41, 5.74) is 2.07. The van der Waals surface area contributed by atoms with Crippen molar-refractivity contribution in [2.45, 2.75) is 62.1 Å². The average Bonchev–Trinajstić information content (AvgIpc) is 2.89. The molecule has 1 aromatic heterocycles. The monoisotopic (exact) mass is 487 g/mol. The van der Waals surface area contributed by atoms with E-state index in [-0.39, 0.29) is 5.91 Å². The fourth-order valence-corrected chi connectivity index (χ4v) is 6.54. The standard InChI is InChI=1S/C30H37N3OS/c1-22(2)35-27-9-7-23(8-10-27)21-24-12-17-32(18-13-24)26-14-19-33(20-15-26)30(34)29-28-6-4-3-5-25(28)11-16-31-29/h3-11,16,22,24,26H,12-15,17-21H2,1-2H3. The molecule has 2 aromatic carbocycles. The van der Waals surface area contributed by atoms with E-state index in [0.717, 1.165) is 42.6 Å². The zero-order chi connectivity index (χ0) is 24.2. The molecule has 35 heavy (non-hydrogen) atoms. The Morgan fingerprint density at radius 1 is 0.943 bits per heavy atom. The lowest BCUT2D eigenvalue weighted by molar-refractivity contribution is 0.0549. The molecule has 0 bridgehead atoms. The van der Waals surface area contributed by atoms with E-state index in [0.29, 0.717) is 17.0 Å². The maximum atomic E-state index is 13.2. The van der Waals surface area contributed by atoms with Crippen LogP contribution in [0.3, 0.4) is 0 Å². The number of nitrogens with zero attached hydrogens (tertiary/aromatic N) is 3. The predicted octanol–water partition coefficient (Wildman–Crippen LogP) is 6.29. The van der Waals surface area contributed by atoms with Crippen molar-refractivity contribution < 1.29 is 4.79 Å². The highest BCUT2D eigenvalue weighted by Crippen LogP contribution is 2.28. The molecule has 4 nitrogen and oxygen atoms in total. The Labute approximate surface area is 214 Å². The first-order valence-electron chi connectivity index (χ1n) is 13.2. The predicted molar refractivity (Wildman–Crippen MR) is 146 cm³/mol. The number of piperidine rings is 2. The van der Waals surface area contributed by atoms with Crippen molar-refractivity contribution in [3.05, 3.63) is 72.1 Å². The number of aromatic nitrogens is 1. The van der Waals surface area contributed by atoms with Crippen molar-refractivity contribution in [2.75, 3.05) is 26.2 Å². The van der Waals surface area contributed by atoms with E-state index in [1.54, 1.807) is 6.20 Å². The Balaban J connectivity index is 1.10. The zero-order valence-corrected chi connectivity index (χ0v) is 21.8. The van der Waals surface area contributed by atoms with Gasteiger partial charge < -0.3 is 9.80 Å². The summed E-state index contributed by atoms with van der Waals surface area (Å²) in [5, 5.41) is 2.66. The molecular weight excluding hydrogens is 450 g/mol. The van der Waals surface area contributed by atoms with Crippen LogP contribution in [0.15, 0.2) is 65.7 Å². The van der Waals surface area contributed by atoms with Gasteiger partial charge in [-0.2, -0.15) is 0 Å². The third-order valence-electron chi connectivity index (χ3n) is 7.61. The van der Waals surface area contributed by atoms with Gasteiger partial charge in [0.05, 0.1) is 0 Å². The first kappa shape index (κ1) is 24.3. The molecule has 0 spiro atoms. The quantitative estimate of drug-likeness (QED) is 0.383. The SMILES string of the molecule is CC(C)Sc1ccc(CC2CCN(C3CCN(C(=O)c4nccc5ccccc45)CC3)CC2)cc1. The number of amides is 1. The molecule has 0 saturated carbocycles. The Bertz CT molecular complexity index is 1120. The largest absolute Gasteiger partial charge is 0.337 e. The third-order valence-corrected chi connectivity index (χ3v) is 8.63. The smallest absolute Gasteiger partial charge is 0.273 e. The summed E-state index contributed by atoms with van der Waals surface area (Å²) in [7, 11) is 0. The maximum absolute atomic E-state index is 13.2. The van der Waals surface area contributed by atoms with Gasteiger partial charge in [-0.15, -0.1) is 11.8 Å². The molecular formula is C30H37N3OS. The van der Waals surface area contributed by atoms with Crippen LogP contribution in [0.4, 0.5) is 0 Å². The minimum Gasteiger partial charge on any atom is -0.337 e. The molecule has 0 radical (unpaired) electrons. The molecule has 2 saturated heterocycles. The number of benzene rings is 2. The van der Waals surface area contributed by atoms with Crippen molar-refractivity contribution in [3.8, 4) is 0 Å². The highest BCUT2D eigenvalue weighted by atomic mass is 32.2. The van der Waals surface area contributed by atoms with E-state index in [4.69, 9.17) is 0 Å². The highest BCUT2D eigenvalue weighted by molar-refractivity contribution is 7.99. The van der Waals surface area contributed by atoms with Crippen LogP contribution in [0.2, 0.25) is 0 Å². The molecule has 2 aliphatic heterocycles. The number of carbonyl (C=O) groups is 1. The third kappa shape index (κ3) is 5.90. The number of fused-ring (bicyclic) bond motifs is 1. The normalized spacial score (nSPS) is 18.4. The van der Waals surface area contributed by atoms with E-state index in [9.17, 15) is 4.79 Å². The number of hydrogen-bond acceptors (Lipinski definition) is 4. The lowest BCUT2D eigenvalue weighted by Crippen LogP contribution is -2.49. The number of carbonyl (C=O) groups excluding carboxylic acids is 1. The summed E-state index contributed by atoms with van der Waals surface area (Å²) in [6, 6.07) is 19.9. The first-order chi connectivity index (χ1) is 17.1. The van der Waals surface area contributed by atoms with Crippen LogP contribution in [-0.4, -0.2) is 58.2 Å². The molecule has 0 aliphatic carbocycles. The Morgan fingerprint density at radius 2 is 1.66 bits per heavy atom. The van der Waals surface area contributed by atoms with Gasteiger partial charge in [-0.05, 0) is 80.3 Å². The van der Waals surface area contributed by atoms with Gasteiger partial charge in [0, 0.05) is 40.9 Å². The second kappa shape index (κ2) is 11.1. The van der Waals surface area contributed by atoms with E-state index >= 15 is 0 Å². The van der Waals surface area contributed by atoms with Gasteiger partial charge in [-0.3, -0.25) is 9.78 Å². The number of pyridine rings is 1. The molecule has 2 aliphatic rings. The number of rotatable bonds is 6. The molecule has 5 rings (SSSR count). The van der Waals surface area contributed by atoms with Crippen LogP contribution in [0.1, 0.15) is 55.6 Å². The van der Waals surface area contributed by atoms with Gasteiger partial charge >= 0.3 is 0 Å². The van der Waals surface area contributed by atoms with Crippen LogP contribution in [0, 0.1) is 5.92 Å². The molecule has 5 heteroatoms. The molecule has 2 fully saturated rings. The second-order valence-corrected chi connectivity index (χ2v) is 12.0. The van der Waals surface area contributed by atoms with Crippen molar-refractivity contribution in [2.24, 2.45) is 5.92 Å². The van der Waals surface area contributed by atoms with Crippen LogP contribution in [0.5, 0.6) is 0 Å². The van der Waals surface area contributed by atoms with Crippen molar-refractivity contribution in [1.82, 2.24) is 14.8 Å². The highest BCUT2D eigenvalue weighted by Gasteiger charge is 2.30. The van der Waals surface area contributed by atoms with Crippen molar-refractivity contribution in [3.63, 3.8) is 0 Å². The topological polar surface area (TPSA) is 36.4 Å². The van der Waals surface area contributed by atoms with Gasteiger partial charge in [0.25, 0.3) is 5.91 Å². The zero-order valence-electron chi connectivity index (χ0n) is 21.0. The molecule has 0 unspecified atom stereocenters. The number of thioether (sulfide) groups is 1. The van der Waals surface area contributed by atoms with E-state index in [1.165, 1.54) is 42.8 Å². The average molecular weight is 488 g/mol. The maximum Gasteiger partial charge on any atom is 0.273 e. The van der Waals surface area contributed by atoms with Gasteiger partial charge in [0.2, 0.25) is 0 Å². The van der Waals surface area contributed by atoms with E-state index in [1.807, 2.05) is 47.0 Å². The van der Waals surface area contributed by atoms with E-state index < -0.39 is 0 Å². The Kier molecular flexibility index (Phi) is 7.74. The summed E-state index contributed by atoms with van der Waals surface area (Å²) >= 11 is 1.94. The van der Waals surface area contributed by atoms with Crippen LogP contribution >= 0.6 is 11.8 Å². The Morgan fingerprint density at radius 3 is 2.37 bits per heavy atom. The fourth-order valence-electron chi connectivity index (χ4n) is 5.71. The van der Waals surface area contributed by atoms with Gasteiger partial charge in [0.15, 0.2) is 0 Å². The lowest BCUT2D eigenvalue weighted by atomic mass is 9.88. The summed E-state index contributed by atoms with van der Waals surface area (Å²) in [6.45, 7) is 8.53. The molecule has 184 valence electrons. The van der Waals surface area contributed by atoms with Gasteiger partial charge in [-0.25, -0.2) is 0 Å². The van der Waals surface area contributed by atoms with Crippen LogP contribution < -0.4 is 0 Å². The van der Waals surface area contributed by atoms with Gasteiger partial charge in [0.1, 0.15) is 5.69 Å². The van der Waals surface area contributed by atoms with Gasteiger partial charge in [-0.1, -0.05) is 50.2 Å². The molecule has 3 heterocycles. The molecule has 1 amide bonds. The first-order valence-corrected chi connectivity index (χ1v) is 14.1. The van der Waals surface area contributed by atoms with Crippen molar-refractivity contribution >= 4 is 28.4 Å². The van der Waals surface area contributed by atoms with Crippen LogP contribution in [0.25, 0.3) is 10.8 Å². The minimum atomic E-state index is 0.0803. The van der Waals surface area contributed by atoms with E-state index in [2.05, 4.69) is 48.0 Å². The number of likely N-dealkylation sites (tertiary alicyclic amines) is 2. The molecule has 3 aromatic rings.